The average molecular weight is 896 g/mol. The van der Waals surface area contributed by atoms with E-state index >= 15 is 0 Å². The van der Waals surface area contributed by atoms with E-state index in [0.29, 0.717) is 0 Å². The molecule has 0 atom stereocenters. The largest absolute Gasteiger partial charge is 1.00 e. The van der Waals surface area contributed by atoms with Crippen LogP contribution in [0.1, 0.15) is 11.4 Å². The SMILES string of the molecule is O=[N+]([O-])[O-].O=[N+]([O-])[O-].[Ag+].[Ag+].c1ccc([PH+](Cc2ccccn2)c2ccccc2)cc1.c1ccc([PH+](Cc2ccccn2)c2ccccc2)cc1. The van der Waals surface area contributed by atoms with Crippen LogP contribution in [0, 0.1) is 30.6 Å². The van der Waals surface area contributed by atoms with Crippen molar-refractivity contribution in [2.24, 2.45) is 0 Å². The first kappa shape index (κ1) is 43.9. The molecule has 0 spiro atoms. The maximum absolute atomic E-state index is 8.25. The van der Waals surface area contributed by atoms with Crippen molar-refractivity contribution in [3.63, 3.8) is 0 Å². The van der Waals surface area contributed by atoms with Crippen LogP contribution in [-0.4, -0.2) is 20.1 Å². The van der Waals surface area contributed by atoms with Crippen LogP contribution in [0.25, 0.3) is 0 Å². The van der Waals surface area contributed by atoms with Crippen molar-refractivity contribution in [3.05, 3.63) is 212 Å². The van der Waals surface area contributed by atoms with E-state index in [2.05, 4.69) is 156 Å². The number of nitrogens with zero attached hydrogens (tertiary/aromatic N) is 4. The van der Waals surface area contributed by atoms with E-state index in [9.17, 15) is 0 Å². The van der Waals surface area contributed by atoms with Crippen molar-refractivity contribution >= 4 is 37.1 Å². The fourth-order valence-corrected chi connectivity index (χ4v) is 9.67. The molecule has 0 aliphatic heterocycles. The van der Waals surface area contributed by atoms with Gasteiger partial charge < -0.3 is 30.6 Å². The number of pyridine rings is 2. The first-order valence-electron chi connectivity index (χ1n) is 14.7. The van der Waals surface area contributed by atoms with Crippen molar-refractivity contribution in [2.45, 2.75) is 12.3 Å². The first-order chi connectivity index (χ1) is 23.3. The molecule has 2 aromatic heterocycles. The summed E-state index contributed by atoms with van der Waals surface area (Å²) in [5.41, 5.74) is 2.35. The summed E-state index contributed by atoms with van der Waals surface area (Å²) < 4.78 is 0. The molecule has 0 radical (unpaired) electrons. The Morgan fingerprint density at radius 2 is 0.620 bits per heavy atom. The van der Waals surface area contributed by atoms with Gasteiger partial charge in [-0.3, -0.25) is 9.97 Å². The predicted octanol–water partition coefficient (Wildman–Crippen LogP) is 6.41. The molecule has 14 heteroatoms. The normalized spacial score (nSPS) is 9.48. The molecule has 0 unspecified atom stereocenters. The van der Waals surface area contributed by atoms with Crippen LogP contribution >= 0.6 is 15.8 Å². The van der Waals surface area contributed by atoms with Crippen LogP contribution in [-0.2, 0) is 57.1 Å². The van der Waals surface area contributed by atoms with E-state index in [0.717, 1.165) is 12.3 Å². The summed E-state index contributed by atoms with van der Waals surface area (Å²) in [6, 6.07) is 55.6. The maximum Gasteiger partial charge on any atom is 1.00 e. The van der Waals surface area contributed by atoms with E-state index in [1.807, 2.05) is 24.5 Å². The monoisotopic (exact) mass is 894 g/mol. The molecular weight excluding hydrogens is 862 g/mol. The van der Waals surface area contributed by atoms with Crippen molar-refractivity contribution in [1.82, 2.24) is 9.97 Å². The molecule has 0 saturated heterocycles. The van der Waals surface area contributed by atoms with E-state index in [4.69, 9.17) is 30.6 Å². The molecule has 0 saturated carbocycles. The van der Waals surface area contributed by atoms with E-state index in [-0.39, 0.29) is 44.8 Å². The molecule has 2 heterocycles. The zero-order valence-electron chi connectivity index (χ0n) is 26.4. The Hall–Kier alpha value is -4.08. The maximum atomic E-state index is 8.25. The van der Waals surface area contributed by atoms with Gasteiger partial charge >= 0.3 is 44.8 Å². The summed E-state index contributed by atoms with van der Waals surface area (Å²) >= 11 is 0. The van der Waals surface area contributed by atoms with Crippen LogP contribution in [0.5, 0.6) is 0 Å². The van der Waals surface area contributed by atoms with Crippen molar-refractivity contribution < 1.29 is 54.9 Å². The van der Waals surface area contributed by atoms with Crippen LogP contribution in [0.15, 0.2) is 170 Å². The van der Waals surface area contributed by atoms with Gasteiger partial charge in [0.2, 0.25) is 0 Å². The average Bonchev–Trinajstić information content (AvgIpc) is 3.12. The minimum Gasteiger partial charge on any atom is -0.356 e. The fourth-order valence-electron chi connectivity index (χ4n) is 4.67. The van der Waals surface area contributed by atoms with Gasteiger partial charge in [0, 0.05) is 12.4 Å². The van der Waals surface area contributed by atoms with Gasteiger partial charge in [0.25, 0.3) is 0 Å². The quantitative estimate of drug-likeness (QED) is 0.0735. The Bertz CT molecular complexity index is 1540. The number of rotatable bonds is 8. The van der Waals surface area contributed by atoms with Gasteiger partial charge in [0.1, 0.15) is 12.3 Å². The summed E-state index contributed by atoms with van der Waals surface area (Å²) in [5.74, 6) is 0. The third kappa shape index (κ3) is 17.5. The second kappa shape index (κ2) is 25.8. The van der Waals surface area contributed by atoms with Crippen LogP contribution in [0.2, 0.25) is 0 Å². The Kier molecular flexibility index (Phi) is 22.7. The zero-order valence-corrected chi connectivity index (χ0v) is 31.4. The van der Waals surface area contributed by atoms with Gasteiger partial charge in [0.05, 0.1) is 58.6 Å². The molecule has 0 fully saturated rings. The summed E-state index contributed by atoms with van der Waals surface area (Å²) in [4.78, 5) is 25.5. The van der Waals surface area contributed by atoms with Gasteiger partial charge in [0.15, 0.2) is 0 Å². The summed E-state index contributed by atoms with van der Waals surface area (Å²) in [6.07, 6.45) is 5.81. The molecule has 0 amide bonds. The Balaban J connectivity index is 0.000000399. The second-order valence-corrected chi connectivity index (χ2v) is 14.8. The molecule has 50 heavy (non-hydrogen) atoms. The van der Waals surface area contributed by atoms with Crippen molar-refractivity contribution in [3.8, 4) is 0 Å². The van der Waals surface area contributed by atoms with Gasteiger partial charge in [-0.05, 0) is 72.8 Å². The molecule has 6 aromatic rings. The van der Waals surface area contributed by atoms with E-state index in [1.54, 1.807) is 0 Å². The molecule has 6 rings (SSSR count). The number of benzene rings is 4. The Morgan fingerprint density at radius 3 is 0.820 bits per heavy atom. The van der Waals surface area contributed by atoms with E-state index < -0.39 is 26.0 Å². The number of hydrogen-bond donors (Lipinski definition) is 0. The van der Waals surface area contributed by atoms with Crippen molar-refractivity contribution in [1.29, 1.82) is 0 Å². The van der Waals surface area contributed by atoms with Crippen LogP contribution < -0.4 is 21.2 Å². The molecule has 10 nitrogen and oxygen atoms in total. The summed E-state index contributed by atoms with van der Waals surface area (Å²) in [6.45, 7) is 0. The van der Waals surface area contributed by atoms with Gasteiger partial charge in [-0.1, -0.05) is 84.9 Å². The van der Waals surface area contributed by atoms with Gasteiger partial charge in [-0.15, -0.1) is 0 Å². The third-order valence-electron chi connectivity index (χ3n) is 6.66. The van der Waals surface area contributed by atoms with Crippen LogP contribution in [0.4, 0.5) is 0 Å². The third-order valence-corrected chi connectivity index (χ3v) is 12.2. The molecule has 0 aliphatic rings. The van der Waals surface area contributed by atoms with Crippen molar-refractivity contribution in [2.75, 3.05) is 0 Å². The molecular formula is C36H34Ag2N4O6P2+2. The second-order valence-electron chi connectivity index (χ2n) is 9.86. The standard InChI is InChI=1S/2C18H16NP.2Ag.2NO3/c2*1-3-10-17(11-4-1)20(18-12-5-2-6-13-18)15-16-9-7-8-14-19-16;;;2*2-1(3)4/h2*1-14H,15H2;;;;/q;;2*+1;2*-1/p+2. The summed E-state index contributed by atoms with van der Waals surface area (Å²) in [5, 5.41) is 35.3. The summed E-state index contributed by atoms with van der Waals surface area (Å²) in [7, 11) is -1.63. The van der Waals surface area contributed by atoms with Gasteiger partial charge in [-0.2, -0.15) is 0 Å². The van der Waals surface area contributed by atoms with E-state index in [1.165, 1.54) is 32.6 Å². The van der Waals surface area contributed by atoms with Gasteiger partial charge in [-0.25, -0.2) is 0 Å². The first-order valence-corrected chi connectivity index (χ1v) is 18.1. The zero-order chi connectivity index (χ0) is 34.4. The molecule has 264 valence electrons. The smallest absolute Gasteiger partial charge is 0.356 e. The number of hydrogen-bond acceptors (Lipinski definition) is 8. The molecule has 4 aromatic carbocycles. The molecule has 0 bridgehead atoms. The predicted molar refractivity (Wildman–Crippen MR) is 198 cm³/mol. The number of aromatic nitrogens is 2. The Morgan fingerprint density at radius 1 is 0.400 bits per heavy atom. The minimum absolute atomic E-state index is 0. The minimum atomic E-state index is -1.75. The Labute approximate surface area is 324 Å². The molecule has 0 aliphatic carbocycles. The topological polar surface area (TPSA) is 158 Å². The fraction of sp³-hybridized carbons (Fsp3) is 0.0556. The van der Waals surface area contributed by atoms with Crippen LogP contribution in [0.3, 0.4) is 0 Å². The molecule has 0 N–H and O–H groups in total.